The molecule has 0 aliphatic rings. The molecule has 0 aliphatic carbocycles. The molecule has 0 aliphatic heterocycles. The monoisotopic (exact) mass is 314 g/mol. The molecule has 0 radical (unpaired) electrons. The lowest BCUT2D eigenvalue weighted by Crippen LogP contribution is -2.02. The Labute approximate surface area is 121 Å². The average Bonchev–Trinajstić information content (AvgIpc) is 2.72. The highest BCUT2D eigenvalue weighted by atomic mass is 35.5. The Morgan fingerprint density at radius 3 is 2.55 bits per heavy atom. The van der Waals surface area contributed by atoms with E-state index in [1.807, 2.05) is 0 Å². The summed E-state index contributed by atoms with van der Waals surface area (Å²) in [6.07, 6.45) is 0. The van der Waals surface area contributed by atoms with Crippen LogP contribution in [-0.2, 0) is 0 Å². The van der Waals surface area contributed by atoms with Crippen LogP contribution in [0.2, 0.25) is 5.02 Å². The Morgan fingerprint density at radius 2 is 1.80 bits per heavy atom. The maximum Gasteiger partial charge on any atom is 0.196 e. The molecule has 2 nitrogen and oxygen atoms in total. The standard InChI is InChI=1S/C13H6ClF3N2S/c14-6-1-3-9-8(5-6)18-13(20)19(9)10-4-2-7(15)11(16)12(10)17/h1-5H,(H,18,20). The molecule has 20 heavy (non-hydrogen) atoms. The molecule has 0 unspecified atom stereocenters. The van der Waals surface area contributed by atoms with Crippen LogP contribution in [0.3, 0.4) is 0 Å². The number of imidazole rings is 1. The fourth-order valence-corrected chi connectivity index (χ4v) is 2.49. The van der Waals surface area contributed by atoms with Crippen molar-refractivity contribution in [3.8, 4) is 5.69 Å². The number of nitrogens with one attached hydrogen (secondary N) is 1. The largest absolute Gasteiger partial charge is 0.330 e. The maximum absolute atomic E-state index is 13.9. The van der Waals surface area contributed by atoms with Crippen LogP contribution in [0.5, 0.6) is 0 Å². The van der Waals surface area contributed by atoms with E-state index in [4.69, 9.17) is 23.8 Å². The summed E-state index contributed by atoms with van der Waals surface area (Å²) in [6, 6.07) is 6.81. The maximum atomic E-state index is 13.9. The Balaban J connectivity index is 2.38. The zero-order valence-corrected chi connectivity index (χ0v) is 11.3. The predicted octanol–water partition coefficient (Wildman–Crippen LogP) is 4.76. The van der Waals surface area contributed by atoms with Crippen molar-refractivity contribution in [2.75, 3.05) is 0 Å². The molecule has 0 amide bonds. The first-order chi connectivity index (χ1) is 9.49. The highest BCUT2D eigenvalue weighted by Gasteiger charge is 2.17. The van der Waals surface area contributed by atoms with E-state index in [2.05, 4.69) is 4.98 Å². The molecular weight excluding hydrogens is 309 g/mol. The van der Waals surface area contributed by atoms with Gasteiger partial charge in [-0.1, -0.05) is 11.6 Å². The van der Waals surface area contributed by atoms with Crippen molar-refractivity contribution in [3.05, 3.63) is 57.6 Å². The molecule has 0 atom stereocenters. The van der Waals surface area contributed by atoms with Gasteiger partial charge in [0.1, 0.15) is 0 Å². The molecule has 0 fully saturated rings. The number of rotatable bonds is 1. The fourth-order valence-electron chi connectivity index (χ4n) is 2.01. The fraction of sp³-hybridized carbons (Fsp3) is 0. The van der Waals surface area contributed by atoms with Crippen molar-refractivity contribution in [1.82, 2.24) is 9.55 Å². The van der Waals surface area contributed by atoms with Crippen molar-refractivity contribution in [2.24, 2.45) is 0 Å². The third kappa shape index (κ3) is 1.92. The number of nitrogens with zero attached hydrogens (tertiary/aromatic N) is 1. The summed E-state index contributed by atoms with van der Waals surface area (Å²) in [4.78, 5) is 2.84. The van der Waals surface area contributed by atoms with Gasteiger partial charge in [0, 0.05) is 5.02 Å². The quantitative estimate of drug-likeness (QED) is 0.507. The minimum Gasteiger partial charge on any atom is -0.330 e. The van der Waals surface area contributed by atoms with Crippen molar-refractivity contribution in [2.45, 2.75) is 0 Å². The van der Waals surface area contributed by atoms with E-state index in [1.165, 1.54) is 4.57 Å². The number of hydrogen-bond donors (Lipinski definition) is 1. The Kier molecular flexibility index (Phi) is 3.07. The van der Waals surface area contributed by atoms with Crippen molar-refractivity contribution < 1.29 is 13.2 Å². The van der Waals surface area contributed by atoms with Crippen LogP contribution >= 0.6 is 23.8 Å². The summed E-state index contributed by atoms with van der Waals surface area (Å²) in [5.74, 6) is -4.08. The van der Waals surface area contributed by atoms with Crippen LogP contribution in [0.25, 0.3) is 16.7 Å². The number of hydrogen-bond acceptors (Lipinski definition) is 1. The summed E-state index contributed by atoms with van der Waals surface area (Å²) in [7, 11) is 0. The smallest absolute Gasteiger partial charge is 0.196 e. The van der Waals surface area contributed by atoms with Gasteiger partial charge in [0.25, 0.3) is 0 Å². The van der Waals surface area contributed by atoms with E-state index in [-0.39, 0.29) is 10.5 Å². The molecule has 2 aromatic carbocycles. The predicted molar refractivity (Wildman–Crippen MR) is 73.3 cm³/mol. The number of aromatic nitrogens is 2. The first-order valence-electron chi connectivity index (χ1n) is 5.53. The van der Waals surface area contributed by atoms with Crippen LogP contribution in [0.4, 0.5) is 13.2 Å². The molecule has 1 N–H and O–H groups in total. The highest BCUT2D eigenvalue weighted by Crippen LogP contribution is 2.25. The molecule has 102 valence electrons. The molecule has 0 bridgehead atoms. The average molecular weight is 315 g/mol. The van der Waals surface area contributed by atoms with Gasteiger partial charge in [0.05, 0.1) is 16.7 Å². The van der Waals surface area contributed by atoms with Crippen LogP contribution in [0.15, 0.2) is 30.3 Å². The second-order valence-electron chi connectivity index (χ2n) is 4.12. The minimum atomic E-state index is -1.53. The van der Waals surface area contributed by atoms with Gasteiger partial charge in [-0.05, 0) is 42.5 Å². The third-order valence-corrected chi connectivity index (χ3v) is 3.42. The van der Waals surface area contributed by atoms with Gasteiger partial charge >= 0.3 is 0 Å². The van der Waals surface area contributed by atoms with E-state index in [9.17, 15) is 13.2 Å². The van der Waals surface area contributed by atoms with Gasteiger partial charge in [-0.3, -0.25) is 4.57 Å². The summed E-state index contributed by atoms with van der Waals surface area (Å²) in [6.45, 7) is 0. The Hall–Kier alpha value is -1.79. The van der Waals surface area contributed by atoms with Gasteiger partial charge in [-0.15, -0.1) is 0 Å². The highest BCUT2D eigenvalue weighted by molar-refractivity contribution is 7.71. The van der Waals surface area contributed by atoms with E-state index in [0.717, 1.165) is 12.1 Å². The van der Waals surface area contributed by atoms with Crippen LogP contribution < -0.4 is 0 Å². The van der Waals surface area contributed by atoms with E-state index < -0.39 is 17.5 Å². The molecule has 0 saturated carbocycles. The van der Waals surface area contributed by atoms with E-state index in [0.29, 0.717) is 16.1 Å². The number of H-pyrrole nitrogens is 1. The van der Waals surface area contributed by atoms with Crippen molar-refractivity contribution >= 4 is 34.9 Å². The lowest BCUT2D eigenvalue weighted by Gasteiger charge is -2.07. The topological polar surface area (TPSA) is 20.7 Å². The number of fused-ring (bicyclic) bond motifs is 1. The Bertz CT molecular complexity index is 885. The van der Waals surface area contributed by atoms with Crippen LogP contribution in [0.1, 0.15) is 0 Å². The van der Waals surface area contributed by atoms with Gasteiger partial charge in [-0.2, -0.15) is 0 Å². The first kappa shape index (κ1) is 13.2. The molecule has 0 saturated heterocycles. The molecular formula is C13H6ClF3N2S. The summed E-state index contributed by atoms with van der Waals surface area (Å²) >= 11 is 11.0. The van der Waals surface area contributed by atoms with Crippen LogP contribution in [-0.4, -0.2) is 9.55 Å². The summed E-state index contributed by atoms with van der Waals surface area (Å²) in [5.41, 5.74) is 0.929. The van der Waals surface area contributed by atoms with E-state index >= 15 is 0 Å². The SMILES string of the molecule is Fc1ccc(-n2c(=S)[nH]c3cc(Cl)ccc32)c(F)c1F. The molecule has 0 spiro atoms. The van der Waals surface area contributed by atoms with Gasteiger partial charge < -0.3 is 4.98 Å². The number of benzene rings is 2. The van der Waals surface area contributed by atoms with Crippen LogP contribution in [0, 0.1) is 22.2 Å². The van der Waals surface area contributed by atoms with Crippen molar-refractivity contribution in [1.29, 1.82) is 0 Å². The third-order valence-electron chi connectivity index (χ3n) is 2.90. The summed E-state index contributed by atoms with van der Waals surface area (Å²) in [5, 5.41) is 0.478. The van der Waals surface area contributed by atoms with E-state index in [1.54, 1.807) is 18.2 Å². The van der Waals surface area contributed by atoms with Gasteiger partial charge in [-0.25, -0.2) is 13.2 Å². The summed E-state index contributed by atoms with van der Waals surface area (Å²) < 4.78 is 41.7. The number of aromatic amines is 1. The molecule has 1 aromatic heterocycles. The zero-order valence-electron chi connectivity index (χ0n) is 9.75. The van der Waals surface area contributed by atoms with Gasteiger partial charge in [0.2, 0.25) is 0 Å². The molecule has 3 rings (SSSR count). The first-order valence-corrected chi connectivity index (χ1v) is 6.32. The Morgan fingerprint density at radius 1 is 1.05 bits per heavy atom. The number of halogens is 4. The second kappa shape index (κ2) is 4.64. The molecule has 7 heteroatoms. The van der Waals surface area contributed by atoms with Crippen molar-refractivity contribution in [3.63, 3.8) is 0 Å². The lowest BCUT2D eigenvalue weighted by molar-refractivity contribution is 0.445. The zero-order chi connectivity index (χ0) is 14.4. The normalized spacial score (nSPS) is 11.2. The molecule has 1 heterocycles. The second-order valence-corrected chi connectivity index (χ2v) is 4.94. The minimum absolute atomic E-state index is 0.159. The molecule has 3 aromatic rings. The lowest BCUT2D eigenvalue weighted by atomic mass is 10.2. The van der Waals surface area contributed by atoms with Gasteiger partial charge in [0.15, 0.2) is 22.2 Å².